The number of rotatable bonds is 3. The van der Waals surface area contributed by atoms with Gasteiger partial charge in [0.25, 0.3) is 0 Å². The monoisotopic (exact) mass is 322 g/mol. The summed E-state index contributed by atoms with van der Waals surface area (Å²) >= 11 is 12.0. The van der Waals surface area contributed by atoms with Crippen LogP contribution in [0.4, 0.5) is 4.39 Å². The topological polar surface area (TPSA) is 45.8 Å². The number of nitrogens with one attached hydrogen (secondary N) is 1. The van der Waals surface area contributed by atoms with Crippen molar-refractivity contribution in [3.63, 3.8) is 0 Å². The molecule has 0 saturated heterocycles. The maximum atomic E-state index is 13.8. The van der Waals surface area contributed by atoms with Gasteiger partial charge in [-0.15, -0.1) is 0 Å². The third-order valence-electron chi connectivity index (χ3n) is 3.22. The van der Waals surface area contributed by atoms with E-state index in [1.54, 1.807) is 18.3 Å². The first kappa shape index (κ1) is 14.0. The van der Waals surface area contributed by atoms with Crippen LogP contribution in [0.15, 0.2) is 36.7 Å². The summed E-state index contributed by atoms with van der Waals surface area (Å²) in [6.45, 7) is 0. The number of hydrogen-bond donors (Lipinski definition) is 1. The van der Waals surface area contributed by atoms with Gasteiger partial charge in [-0.2, -0.15) is 0 Å². The number of carbonyl (C=O) groups is 1. The molecule has 0 saturated carbocycles. The van der Waals surface area contributed by atoms with Gasteiger partial charge >= 0.3 is 0 Å². The van der Waals surface area contributed by atoms with E-state index in [9.17, 15) is 9.18 Å². The maximum Gasteiger partial charge on any atom is 0.169 e. The smallest absolute Gasteiger partial charge is 0.169 e. The lowest BCUT2D eigenvalue weighted by atomic mass is 10.0. The maximum absolute atomic E-state index is 13.8. The predicted molar refractivity (Wildman–Crippen MR) is 80.5 cm³/mol. The lowest BCUT2D eigenvalue weighted by Crippen LogP contribution is -2.05. The molecule has 0 aliphatic rings. The molecule has 6 heteroatoms. The highest BCUT2D eigenvalue weighted by molar-refractivity contribution is 6.36. The minimum atomic E-state index is -0.500. The summed E-state index contributed by atoms with van der Waals surface area (Å²) in [6.07, 6.45) is 2.94. The molecule has 106 valence electrons. The van der Waals surface area contributed by atoms with Crippen LogP contribution >= 0.6 is 23.2 Å². The summed E-state index contributed by atoms with van der Waals surface area (Å²) < 4.78 is 13.8. The van der Waals surface area contributed by atoms with Crippen molar-refractivity contribution in [1.82, 2.24) is 9.97 Å². The Morgan fingerprint density at radius 1 is 1.24 bits per heavy atom. The van der Waals surface area contributed by atoms with E-state index in [1.807, 2.05) is 0 Å². The molecular formula is C15H9Cl2FN2O. The summed E-state index contributed by atoms with van der Waals surface area (Å²) in [5.41, 5.74) is 1.08. The second kappa shape index (κ2) is 5.47. The van der Waals surface area contributed by atoms with Gasteiger partial charge < -0.3 is 4.98 Å². The molecule has 0 unspecified atom stereocenters. The fraction of sp³-hybridized carbons (Fsp3) is 0.0667. The number of aromatic amines is 1. The molecule has 1 aromatic carbocycles. The first-order chi connectivity index (χ1) is 10.1. The Morgan fingerprint density at radius 2 is 2.05 bits per heavy atom. The molecule has 0 fully saturated rings. The van der Waals surface area contributed by atoms with Gasteiger partial charge in [0.05, 0.1) is 5.02 Å². The van der Waals surface area contributed by atoms with E-state index < -0.39 is 5.82 Å². The van der Waals surface area contributed by atoms with Crippen LogP contribution in [0.5, 0.6) is 0 Å². The molecule has 0 aliphatic heterocycles. The number of carbonyl (C=O) groups excluding carboxylic acids is 1. The SMILES string of the molecule is O=C(Cc1c(F)cccc1Cl)c1c[nH]c2nccc(Cl)c12. The number of hydrogen-bond acceptors (Lipinski definition) is 2. The fourth-order valence-corrected chi connectivity index (χ4v) is 2.67. The first-order valence-corrected chi connectivity index (χ1v) is 6.91. The molecule has 0 radical (unpaired) electrons. The standard InChI is InChI=1S/C15H9Cl2FN2O/c16-10-2-1-3-12(18)8(10)6-13(21)9-7-20-15-14(9)11(17)4-5-19-15/h1-5,7H,6H2,(H,19,20). The third-order valence-corrected chi connectivity index (χ3v) is 3.89. The van der Waals surface area contributed by atoms with Crippen molar-refractivity contribution in [2.75, 3.05) is 0 Å². The molecule has 0 bridgehead atoms. The lowest BCUT2D eigenvalue weighted by molar-refractivity contribution is 0.0993. The second-order valence-electron chi connectivity index (χ2n) is 4.52. The van der Waals surface area contributed by atoms with Crippen LogP contribution in [-0.2, 0) is 6.42 Å². The quantitative estimate of drug-likeness (QED) is 0.725. The van der Waals surface area contributed by atoms with Crippen LogP contribution in [0.2, 0.25) is 10.0 Å². The van der Waals surface area contributed by atoms with Crippen molar-refractivity contribution in [3.05, 3.63) is 63.6 Å². The molecule has 3 aromatic rings. The second-order valence-corrected chi connectivity index (χ2v) is 5.33. The van der Waals surface area contributed by atoms with Crippen molar-refractivity contribution in [2.45, 2.75) is 6.42 Å². The first-order valence-electron chi connectivity index (χ1n) is 6.15. The fourth-order valence-electron chi connectivity index (χ4n) is 2.19. The van der Waals surface area contributed by atoms with E-state index in [2.05, 4.69) is 9.97 Å². The summed E-state index contributed by atoms with van der Waals surface area (Å²) in [6, 6.07) is 5.93. The van der Waals surface area contributed by atoms with Crippen molar-refractivity contribution >= 4 is 40.0 Å². The molecule has 3 rings (SSSR count). The molecule has 1 N–H and O–H groups in total. The highest BCUT2D eigenvalue weighted by Crippen LogP contribution is 2.27. The van der Waals surface area contributed by atoms with Gasteiger partial charge in [0, 0.05) is 40.4 Å². The number of fused-ring (bicyclic) bond motifs is 1. The van der Waals surface area contributed by atoms with Crippen molar-refractivity contribution < 1.29 is 9.18 Å². The zero-order valence-corrected chi connectivity index (χ0v) is 12.2. The van der Waals surface area contributed by atoms with Gasteiger partial charge in [-0.05, 0) is 18.2 Å². The number of aromatic nitrogens is 2. The lowest BCUT2D eigenvalue weighted by Gasteiger charge is -2.05. The summed E-state index contributed by atoms with van der Waals surface area (Å²) in [7, 11) is 0. The van der Waals surface area contributed by atoms with Crippen LogP contribution in [-0.4, -0.2) is 15.8 Å². The number of nitrogens with zero attached hydrogens (tertiary/aromatic N) is 1. The van der Waals surface area contributed by atoms with E-state index >= 15 is 0 Å². The number of Topliss-reactive ketones (excluding diaryl/α,β-unsaturated/α-hetero) is 1. The van der Waals surface area contributed by atoms with E-state index in [0.717, 1.165) is 0 Å². The number of pyridine rings is 1. The Hall–Kier alpha value is -1.91. The van der Waals surface area contributed by atoms with E-state index in [1.165, 1.54) is 18.3 Å². The normalized spacial score (nSPS) is 11.0. The van der Waals surface area contributed by atoms with Crippen molar-refractivity contribution in [3.8, 4) is 0 Å². The molecule has 2 aromatic heterocycles. The number of benzene rings is 1. The zero-order valence-electron chi connectivity index (χ0n) is 10.7. The summed E-state index contributed by atoms with van der Waals surface area (Å²) in [4.78, 5) is 19.4. The van der Waals surface area contributed by atoms with Crippen LogP contribution in [0.3, 0.4) is 0 Å². The highest BCUT2D eigenvalue weighted by Gasteiger charge is 2.18. The average molecular weight is 323 g/mol. The Balaban J connectivity index is 2.02. The number of ketones is 1. The minimum Gasteiger partial charge on any atom is -0.345 e. The Kier molecular flexibility index (Phi) is 3.66. The van der Waals surface area contributed by atoms with Gasteiger partial charge in [0.2, 0.25) is 0 Å². The Morgan fingerprint density at radius 3 is 2.81 bits per heavy atom. The van der Waals surface area contributed by atoms with Gasteiger partial charge in [-0.1, -0.05) is 29.3 Å². The summed E-state index contributed by atoms with van der Waals surface area (Å²) in [5, 5.41) is 1.19. The van der Waals surface area contributed by atoms with Gasteiger partial charge in [0.15, 0.2) is 5.78 Å². The van der Waals surface area contributed by atoms with Crippen LogP contribution in [0, 0.1) is 5.82 Å². The van der Waals surface area contributed by atoms with Crippen molar-refractivity contribution in [2.24, 2.45) is 0 Å². The average Bonchev–Trinajstić information content (AvgIpc) is 2.88. The van der Waals surface area contributed by atoms with Gasteiger partial charge in [-0.3, -0.25) is 4.79 Å². The molecule has 0 spiro atoms. The number of halogens is 3. The summed E-state index contributed by atoms with van der Waals surface area (Å²) in [5.74, 6) is -0.775. The third kappa shape index (κ3) is 2.52. The Bertz CT molecular complexity index is 825. The van der Waals surface area contributed by atoms with E-state index in [-0.39, 0.29) is 22.8 Å². The highest BCUT2D eigenvalue weighted by atomic mass is 35.5. The molecule has 0 amide bonds. The van der Waals surface area contributed by atoms with Gasteiger partial charge in [-0.25, -0.2) is 9.37 Å². The molecule has 0 atom stereocenters. The van der Waals surface area contributed by atoms with Crippen molar-refractivity contribution in [1.29, 1.82) is 0 Å². The predicted octanol–water partition coefficient (Wildman–Crippen LogP) is 4.43. The molecule has 21 heavy (non-hydrogen) atoms. The van der Waals surface area contributed by atoms with Crippen LogP contribution < -0.4 is 0 Å². The molecule has 2 heterocycles. The molecule has 3 nitrogen and oxygen atoms in total. The van der Waals surface area contributed by atoms with Crippen LogP contribution in [0.1, 0.15) is 15.9 Å². The van der Waals surface area contributed by atoms with E-state index in [0.29, 0.717) is 21.6 Å². The largest absolute Gasteiger partial charge is 0.345 e. The molecular weight excluding hydrogens is 314 g/mol. The van der Waals surface area contributed by atoms with E-state index in [4.69, 9.17) is 23.2 Å². The van der Waals surface area contributed by atoms with Gasteiger partial charge in [0.1, 0.15) is 11.5 Å². The minimum absolute atomic E-state index is 0.135. The zero-order chi connectivity index (χ0) is 15.0. The number of H-pyrrole nitrogens is 1. The molecule has 0 aliphatic carbocycles. The van der Waals surface area contributed by atoms with Crippen LogP contribution in [0.25, 0.3) is 11.0 Å². The Labute approximate surface area is 129 Å².